The molecule has 0 aliphatic heterocycles. The Morgan fingerprint density at radius 2 is 2.19 bits per heavy atom. The zero-order chi connectivity index (χ0) is 15.2. The summed E-state index contributed by atoms with van der Waals surface area (Å²) in [4.78, 5) is 16.2. The molecule has 112 valence electrons. The van der Waals surface area contributed by atoms with Crippen molar-refractivity contribution in [1.82, 2.24) is 20.1 Å². The second kappa shape index (κ2) is 7.02. The van der Waals surface area contributed by atoms with Crippen molar-refractivity contribution in [3.05, 3.63) is 35.9 Å². The summed E-state index contributed by atoms with van der Waals surface area (Å²) < 4.78 is 1.82. The molecule has 5 nitrogen and oxygen atoms in total. The monoisotopic (exact) mass is 286 g/mol. The maximum Gasteiger partial charge on any atom is 0.269 e. The van der Waals surface area contributed by atoms with Gasteiger partial charge in [0.15, 0.2) is 0 Å². The number of aryl methyl sites for hydroxylation is 1. The van der Waals surface area contributed by atoms with Crippen LogP contribution >= 0.6 is 0 Å². The third-order valence-electron chi connectivity index (χ3n) is 3.60. The van der Waals surface area contributed by atoms with Crippen molar-refractivity contribution in [2.75, 3.05) is 6.54 Å². The quantitative estimate of drug-likeness (QED) is 0.831. The Bertz CT molecular complexity index is 618. The number of unbranched alkanes of at least 4 members (excludes halogenated alkanes) is 2. The van der Waals surface area contributed by atoms with Crippen LogP contribution in [0.5, 0.6) is 0 Å². The molecule has 1 amide bonds. The van der Waals surface area contributed by atoms with Gasteiger partial charge in [0.2, 0.25) is 0 Å². The van der Waals surface area contributed by atoms with E-state index >= 15 is 0 Å². The molecule has 0 unspecified atom stereocenters. The first kappa shape index (κ1) is 15.2. The lowest BCUT2D eigenvalue weighted by Gasteiger charge is -2.06. The zero-order valence-corrected chi connectivity index (χ0v) is 12.9. The van der Waals surface area contributed by atoms with Gasteiger partial charge < -0.3 is 5.32 Å². The number of rotatable bonds is 6. The summed E-state index contributed by atoms with van der Waals surface area (Å²) in [5, 5.41) is 7.14. The fourth-order valence-electron chi connectivity index (χ4n) is 2.17. The van der Waals surface area contributed by atoms with E-state index in [-0.39, 0.29) is 5.91 Å². The Kier molecular flexibility index (Phi) is 5.09. The molecule has 0 atom stereocenters. The van der Waals surface area contributed by atoms with Gasteiger partial charge in [0.25, 0.3) is 5.91 Å². The molecule has 21 heavy (non-hydrogen) atoms. The first-order valence-electron chi connectivity index (χ1n) is 7.36. The van der Waals surface area contributed by atoms with Gasteiger partial charge >= 0.3 is 0 Å². The molecule has 0 aliphatic rings. The highest BCUT2D eigenvalue weighted by atomic mass is 16.1. The van der Waals surface area contributed by atoms with E-state index in [0.717, 1.165) is 36.1 Å². The summed E-state index contributed by atoms with van der Waals surface area (Å²) in [5.41, 5.74) is 3.51. The maximum absolute atomic E-state index is 12.1. The fourth-order valence-corrected chi connectivity index (χ4v) is 2.17. The van der Waals surface area contributed by atoms with Crippen LogP contribution in [0.4, 0.5) is 0 Å². The molecule has 0 fully saturated rings. The van der Waals surface area contributed by atoms with Crippen LogP contribution < -0.4 is 5.32 Å². The van der Waals surface area contributed by atoms with Crippen molar-refractivity contribution in [2.24, 2.45) is 7.05 Å². The van der Waals surface area contributed by atoms with E-state index < -0.39 is 0 Å². The molecular weight excluding hydrogens is 264 g/mol. The maximum atomic E-state index is 12.1. The topological polar surface area (TPSA) is 59.8 Å². The number of carbonyl (C=O) groups excluding carboxylic acids is 1. The molecule has 0 spiro atoms. The van der Waals surface area contributed by atoms with E-state index in [0.29, 0.717) is 12.2 Å². The molecule has 0 bridgehead atoms. The van der Waals surface area contributed by atoms with E-state index in [1.54, 1.807) is 6.20 Å². The van der Waals surface area contributed by atoms with Crippen LogP contribution in [0.15, 0.2) is 24.5 Å². The third-order valence-corrected chi connectivity index (χ3v) is 3.60. The number of amides is 1. The van der Waals surface area contributed by atoms with Crippen molar-refractivity contribution in [3.8, 4) is 11.1 Å². The minimum absolute atomic E-state index is 0.116. The number of pyridine rings is 1. The molecular formula is C16H22N4O. The number of nitrogens with zero attached hydrogens (tertiary/aromatic N) is 3. The van der Waals surface area contributed by atoms with Gasteiger partial charge in [0, 0.05) is 31.0 Å². The van der Waals surface area contributed by atoms with Gasteiger partial charge in [-0.25, -0.2) is 0 Å². The third kappa shape index (κ3) is 3.68. The predicted octanol–water partition coefficient (Wildman–Crippen LogP) is 2.71. The summed E-state index contributed by atoms with van der Waals surface area (Å²) in [6.45, 7) is 4.85. The van der Waals surface area contributed by atoms with Crippen molar-refractivity contribution in [1.29, 1.82) is 0 Å². The van der Waals surface area contributed by atoms with E-state index in [4.69, 9.17) is 0 Å². The van der Waals surface area contributed by atoms with Crippen molar-refractivity contribution < 1.29 is 4.79 Å². The van der Waals surface area contributed by atoms with E-state index in [1.807, 2.05) is 37.0 Å². The standard InChI is InChI=1S/C16H22N4O/c1-4-5-6-8-18-16(21)15-10-13(7-9-17-15)14-11-19-20(3)12(14)2/h7,9-11H,4-6,8H2,1-3H3,(H,18,21). The van der Waals surface area contributed by atoms with Gasteiger partial charge in [-0.3, -0.25) is 14.5 Å². The Hall–Kier alpha value is -2.17. The molecule has 0 aliphatic carbocycles. The van der Waals surface area contributed by atoms with Crippen LogP contribution in [-0.2, 0) is 7.05 Å². The van der Waals surface area contributed by atoms with Crippen LogP contribution in [-0.4, -0.2) is 27.2 Å². The van der Waals surface area contributed by atoms with E-state index in [2.05, 4.69) is 22.3 Å². The molecule has 0 radical (unpaired) electrons. The highest BCUT2D eigenvalue weighted by Crippen LogP contribution is 2.22. The Balaban J connectivity index is 2.11. The van der Waals surface area contributed by atoms with Gasteiger partial charge in [-0.2, -0.15) is 5.10 Å². The van der Waals surface area contributed by atoms with Gasteiger partial charge in [-0.15, -0.1) is 0 Å². The molecule has 2 heterocycles. The fraction of sp³-hybridized carbons (Fsp3) is 0.438. The summed E-state index contributed by atoms with van der Waals surface area (Å²) in [7, 11) is 1.90. The number of nitrogens with one attached hydrogen (secondary N) is 1. The van der Waals surface area contributed by atoms with Gasteiger partial charge in [-0.1, -0.05) is 19.8 Å². The average molecular weight is 286 g/mol. The molecule has 1 N–H and O–H groups in total. The zero-order valence-electron chi connectivity index (χ0n) is 12.9. The molecule has 2 aromatic rings. The molecule has 0 saturated heterocycles. The summed E-state index contributed by atoms with van der Waals surface area (Å²) in [6.07, 6.45) is 6.76. The Morgan fingerprint density at radius 3 is 2.86 bits per heavy atom. The molecule has 0 saturated carbocycles. The van der Waals surface area contributed by atoms with Crippen molar-refractivity contribution in [3.63, 3.8) is 0 Å². The number of hydrogen-bond donors (Lipinski definition) is 1. The van der Waals surface area contributed by atoms with E-state index in [9.17, 15) is 4.79 Å². The molecule has 2 rings (SSSR count). The van der Waals surface area contributed by atoms with Crippen molar-refractivity contribution >= 4 is 5.91 Å². The SMILES string of the molecule is CCCCCNC(=O)c1cc(-c2cnn(C)c2C)ccn1. The van der Waals surface area contributed by atoms with Crippen LogP contribution in [0.1, 0.15) is 42.4 Å². The minimum atomic E-state index is -0.116. The largest absolute Gasteiger partial charge is 0.351 e. The summed E-state index contributed by atoms with van der Waals surface area (Å²) >= 11 is 0. The first-order chi connectivity index (χ1) is 10.1. The Labute approximate surface area is 125 Å². The second-order valence-corrected chi connectivity index (χ2v) is 5.16. The lowest BCUT2D eigenvalue weighted by atomic mass is 10.1. The summed E-state index contributed by atoms with van der Waals surface area (Å²) in [6, 6.07) is 3.72. The van der Waals surface area contributed by atoms with Crippen LogP contribution in [0.3, 0.4) is 0 Å². The predicted molar refractivity (Wildman–Crippen MR) is 83.0 cm³/mol. The smallest absolute Gasteiger partial charge is 0.269 e. The average Bonchev–Trinajstić information content (AvgIpc) is 2.83. The van der Waals surface area contributed by atoms with Crippen LogP contribution in [0.25, 0.3) is 11.1 Å². The number of hydrogen-bond acceptors (Lipinski definition) is 3. The van der Waals surface area contributed by atoms with Gasteiger partial charge in [0.1, 0.15) is 5.69 Å². The lowest BCUT2D eigenvalue weighted by Crippen LogP contribution is -2.25. The van der Waals surface area contributed by atoms with Gasteiger partial charge in [0.05, 0.1) is 6.20 Å². The Morgan fingerprint density at radius 1 is 1.38 bits per heavy atom. The van der Waals surface area contributed by atoms with Gasteiger partial charge in [-0.05, 0) is 31.0 Å². The van der Waals surface area contributed by atoms with Crippen LogP contribution in [0.2, 0.25) is 0 Å². The summed E-state index contributed by atoms with van der Waals surface area (Å²) in [5.74, 6) is -0.116. The van der Waals surface area contributed by atoms with Crippen LogP contribution in [0, 0.1) is 6.92 Å². The highest BCUT2D eigenvalue weighted by Gasteiger charge is 2.11. The molecule has 2 aromatic heterocycles. The lowest BCUT2D eigenvalue weighted by molar-refractivity contribution is 0.0948. The normalized spacial score (nSPS) is 10.6. The minimum Gasteiger partial charge on any atom is -0.351 e. The number of aromatic nitrogens is 3. The van der Waals surface area contributed by atoms with Crippen molar-refractivity contribution in [2.45, 2.75) is 33.1 Å². The second-order valence-electron chi connectivity index (χ2n) is 5.16. The van der Waals surface area contributed by atoms with E-state index in [1.165, 1.54) is 0 Å². The first-order valence-corrected chi connectivity index (χ1v) is 7.36. The molecule has 5 heteroatoms. The highest BCUT2D eigenvalue weighted by molar-refractivity contribution is 5.93. The molecule has 0 aromatic carbocycles. The number of carbonyl (C=O) groups is 1.